The molecule has 0 radical (unpaired) electrons. The zero-order valence-electron chi connectivity index (χ0n) is 13.8. The molecule has 2 aromatic carbocycles. The third kappa shape index (κ3) is 4.09. The Labute approximate surface area is 158 Å². The molecule has 0 heterocycles. The van der Waals surface area contributed by atoms with Crippen molar-refractivity contribution in [3.8, 4) is 0 Å². The van der Waals surface area contributed by atoms with Crippen LogP contribution < -0.4 is 10.6 Å². The molecule has 0 spiro atoms. The SMILES string of the molecule is O=C(CNC(=O)c1cc(F)cc(F)c1)NC1(c2cccc(Br)c2)CCC1. The lowest BCUT2D eigenvalue weighted by Gasteiger charge is -2.43. The molecule has 0 aromatic heterocycles. The molecule has 2 amide bonds. The van der Waals surface area contributed by atoms with E-state index >= 15 is 0 Å². The summed E-state index contributed by atoms with van der Waals surface area (Å²) in [5, 5.41) is 5.37. The Morgan fingerprint density at radius 3 is 2.35 bits per heavy atom. The van der Waals surface area contributed by atoms with E-state index in [-0.39, 0.29) is 18.0 Å². The lowest BCUT2D eigenvalue weighted by Crippen LogP contribution is -2.53. The molecule has 1 aliphatic rings. The van der Waals surface area contributed by atoms with Crippen molar-refractivity contribution in [3.05, 3.63) is 69.7 Å². The van der Waals surface area contributed by atoms with Crippen LogP contribution >= 0.6 is 15.9 Å². The Morgan fingerprint density at radius 2 is 1.77 bits per heavy atom. The van der Waals surface area contributed by atoms with Gasteiger partial charge in [0.2, 0.25) is 5.91 Å². The molecule has 0 unspecified atom stereocenters. The number of halogens is 3. The molecule has 0 bridgehead atoms. The fourth-order valence-electron chi connectivity index (χ4n) is 3.06. The zero-order chi connectivity index (χ0) is 18.7. The van der Waals surface area contributed by atoms with Crippen LogP contribution in [0.4, 0.5) is 8.78 Å². The zero-order valence-corrected chi connectivity index (χ0v) is 15.4. The van der Waals surface area contributed by atoms with Crippen molar-refractivity contribution in [3.63, 3.8) is 0 Å². The van der Waals surface area contributed by atoms with Crippen LogP contribution in [-0.4, -0.2) is 18.4 Å². The van der Waals surface area contributed by atoms with Crippen LogP contribution in [0.1, 0.15) is 35.2 Å². The summed E-state index contributed by atoms with van der Waals surface area (Å²) in [7, 11) is 0. The standard InChI is InChI=1S/C19H17BrF2N2O2/c20-14-4-1-3-13(9-14)19(5-2-6-19)24-17(25)11-23-18(26)12-7-15(21)10-16(22)8-12/h1,3-4,7-10H,2,5-6,11H2,(H,23,26)(H,24,25). The summed E-state index contributed by atoms with van der Waals surface area (Å²) in [5.74, 6) is -2.75. The van der Waals surface area contributed by atoms with Crippen LogP contribution in [0.3, 0.4) is 0 Å². The van der Waals surface area contributed by atoms with Gasteiger partial charge in [-0.15, -0.1) is 0 Å². The molecule has 136 valence electrons. The van der Waals surface area contributed by atoms with E-state index < -0.39 is 23.1 Å². The number of carbonyl (C=O) groups excluding carboxylic acids is 2. The maximum atomic E-state index is 13.2. The van der Waals surface area contributed by atoms with Crippen LogP contribution in [0, 0.1) is 11.6 Å². The minimum absolute atomic E-state index is 0.166. The lowest BCUT2D eigenvalue weighted by molar-refractivity contribution is -0.123. The van der Waals surface area contributed by atoms with Gasteiger partial charge in [0.25, 0.3) is 5.91 Å². The molecule has 4 nitrogen and oxygen atoms in total. The van der Waals surface area contributed by atoms with Crippen molar-refractivity contribution in [2.75, 3.05) is 6.54 Å². The van der Waals surface area contributed by atoms with Crippen molar-refractivity contribution in [2.45, 2.75) is 24.8 Å². The molecule has 2 aromatic rings. The van der Waals surface area contributed by atoms with Crippen LogP contribution in [0.25, 0.3) is 0 Å². The molecule has 1 aliphatic carbocycles. The molecule has 2 N–H and O–H groups in total. The van der Waals surface area contributed by atoms with Gasteiger partial charge in [0, 0.05) is 16.1 Å². The lowest BCUT2D eigenvalue weighted by atomic mass is 9.72. The van der Waals surface area contributed by atoms with Crippen molar-refractivity contribution in [2.24, 2.45) is 0 Å². The van der Waals surface area contributed by atoms with Gasteiger partial charge in [-0.2, -0.15) is 0 Å². The van der Waals surface area contributed by atoms with Crippen molar-refractivity contribution >= 4 is 27.7 Å². The predicted molar refractivity (Wildman–Crippen MR) is 96.5 cm³/mol. The van der Waals surface area contributed by atoms with Crippen molar-refractivity contribution < 1.29 is 18.4 Å². The normalized spacial score (nSPS) is 15.0. The van der Waals surface area contributed by atoms with Crippen molar-refractivity contribution in [1.29, 1.82) is 0 Å². The van der Waals surface area contributed by atoms with E-state index in [2.05, 4.69) is 26.6 Å². The molecular weight excluding hydrogens is 406 g/mol. The summed E-state index contributed by atoms with van der Waals surface area (Å²) >= 11 is 3.43. The highest BCUT2D eigenvalue weighted by atomic mass is 79.9. The molecule has 7 heteroatoms. The van der Waals surface area contributed by atoms with Gasteiger partial charge in [0.1, 0.15) is 11.6 Å². The molecule has 0 aliphatic heterocycles. The third-order valence-electron chi connectivity index (χ3n) is 4.50. The summed E-state index contributed by atoms with van der Waals surface area (Å²) in [5.41, 5.74) is 0.405. The number of hydrogen-bond donors (Lipinski definition) is 2. The molecule has 1 fully saturated rings. The van der Waals surface area contributed by atoms with Gasteiger partial charge < -0.3 is 10.6 Å². The van der Waals surface area contributed by atoms with Gasteiger partial charge in [-0.3, -0.25) is 9.59 Å². The fourth-order valence-corrected chi connectivity index (χ4v) is 3.46. The highest BCUT2D eigenvalue weighted by molar-refractivity contribution is 9.10. The van der Waals surface area contributed by atoms with E-state index in [1.54, 1.807) is 0 Å². The summed E-state index contributed by atoms with van der Waals surface area (Å²) in [6.45, 7) is -0.271. The molecular formula is C19H17BrF2N2O2. The number of nitrogens with one attached hydrogen (secondary N) is 2. The quantitative estimate of drug-likeness (QED) is 0.772. The second-order valence-corrected chi connectivity index (χ2v) is 7.25. The highest BCUT2D eigenvalue weighted by Gasteiger charge is 2.40. The van der Waals surface area contributed by atoms with Gasteiger partial charge in [-0.25, -0.2) is 8.78 Å². The Bertz CT molecular complexity index is 833. The van der Waals surface area contributed by atoms with E-state index in [0.717, 1.165) is 41.4 Å². The largest absolute Gasteiger partial charge is 0.345 e. The first-order valence-electron chi connectivity index (χ1n) is 8.19. The van der Waals surface area contributed by atoms with Gasteiger partial charge in [0.05, 0.1) is 12.1 Å². The Balaban J connectivity index is 1.62. The summed E-state index contributed by atoms with van der Waals surface area (Å²) in [6, 6.07) is 10.3. The maximum Gasteiger partial charge on any atom is 0.251 e. The summed E-state index contributed by atoms with van der Waals surface area (Å²) in [6.07, 6.45) is 2.64. The minimum Gasteiger partial charge on any atom is -0.345 e. The predicted octanol–water partition coefficient (Wildman–Crippen LogP) is 3.65. The molecule has 0 saturated heterocycles. The number of amides is 2. The van der Waals surface area contributed by atoms with Crippen LogP contribution in [0.15, 0.2) is 46.9 Å². The monoisotopic (exact) mass is 422 g/mol. The highest BCUT2D eigenvalue weighted by Crippen LogP contribution is 2.41. The number of rotatable bonds is 5. The van der Waals surface area contributed by atoms with Crippen LogP contribution in [-0.2, 0) is 10.3 Å². The van der Waals surface area contributed by atoms with Crippen LogP contribution in [0.5, 0.6) is 0 Å². The second-order valence-electron chi connectivity index (χ2n) is 6.33. The average Bonchev–Trinajstić information content (AvgIpc) is 2.55. The Kier molecular flexibility index (Phi) is 5.36. The summed E-state index contributed by atoms with van der Waals surface area (Å²) < 4.78 is 27.3. The Morgan fingerprint density at radius 1 is 1.08 bits per heavy atom. The Hall–Kier alpha value is -2.28. The van der Waals surface area contributed by atoms with E-state index in [9.17, 15) is 18.4 Å². The first kappa shape index (κ1) is 18.5. The number of benzene rings is 2. The number of carbonyl (C=O) groups is 2. The van der Waals surface area contributed by atoms with E-state index in [0.29, 0.717) is 6.07 Å². The molecule has 3 rings (SSSR count). The first-order chi connectivity index (χ1) is 12.4. The first-order valence-corrected chi connectivity index (χ1v) is 8.99. The van der Waals surface area contributed by atoms with E-state index in [4.69, 9.17) is 0 Å². The van der Waals surface area contributed by atoms with Crippen molar-refractivity contribution in [1.82, 2.24) is 10.6 Å². The number of hydrogen-bond acceptors (Lipinski definition) is 2. The smallest absolute Gasteiger partial charge is 0.251 e. The average molecular weight is 423 g/mol. The molecule has 1 saturated carbocycles. The van der Waals surface area contributed by atoms with Gasteiger partial charge in [-0.05, 0) is 49.1 Å². The van der Waals surface area contributed by atoms with E-state index in [1.165, 1.54) is 0 Å². The van der Waals surface area contributed by atoms with Gasteiger partial charge >= 0.3 is 0 Å². The van der Waals surface area contributed by atoms with Crippen LogP contribution in [0.2, 0.25) is 0 Å². The minimum atomic E-state index is -0.845. The van der Waals surface area contributed by atoms with E-state index in [1.807, 2.05) is 24.3 Å². The fraction of sp³-hybridized carbons (Fsp3) is 0.263. The van der Waals surface area contributed by atoms with Gasteiger partial charge in [0.15, 0.2) is 0 Å². The summed E-state index contributed by atoms with van der Waals surface area (Å²) in [4.78, 5) is 24.3. The van der Waals surface area contributed by atoms with Gasteiger partial charge in [-0.1, -0.05) is 28.1 Å². The topological polar surface area (TPSA) is 58.2 Å². The second kappa shape index (κ2) is 7.53. The molecule has 0 atom stereocenters. The maximum absolute atomic E-state index is 13.2. The third-order valence-corrected chi connectivity index (χ3v) is 4.99. The molecule has 26 heavy (non-hydrogen) atoms.